The van der Waals surface area contributed by atoms with E-state index in [0.29, 0.717) is 5.56 Å². The molecule has 8 aromatic carbocycles. The molecule has 1 aliphatic rings. The van der Waals surface area contributed by atoms with E-state index >= 15 is 0 Å². The topological polar surface area (TPSA) is 4.93 Å². The van der Waals surface area contributed by atoms with Crippen LogP contribution >= 0.6 is 11.8 Å². The number of nitrogens with zero attached hydrogens (tertiary/aromatic N) is 1. The summed E-state index contributed by atoms with van der Waals surface area (Å²) in [6.07, 6.45) is 0. The van der Waals surface area contributed by atoms with Crippen molar-refractivity contribution in [3.63, 3.8) is 0 Å². The van der Waals surface area contributed by atoms with Crippen LogP contribution in [-0.4, -0.2) is 4.57 Å². The Labute approximate surface area is 278 Å². The second-order valence-corrected chi connectivity index (χ2v) is 12.8. The van der Waals surface area contributed by atoms with Crippen molar-refractivity contribution in [2.24, 2.45) is 0 Å². The van der Waals surface area contributed by atoms with Gasteiger partial charge in [0.25, 0.3) is 0 Å². The summed E-state index contributed by atoms with van der Waals surface area (Å²) in [7, 11) is 0. The molecule has 10 rings (SSSR count). The van der Waals surface area contributed by atoms with Crippen molar-refractivity contribution in [3.05, 3.63) is 164 Å². The molecule has 0 aliphatic carbocycles. The van der Waals surface area contributed by atoms with Gasteiger partial charge in [-0.1, -0.05) is 133 Å². The Morgan fingerprint density at radius 2 is 1.26 bits per heavy atom. The number of para-hydroxylation sites is 1. The number of fused-ring (bicyclic) bond motifs is 7. The lowest BCUT2D eigenvalue weighted by Gasteiger charge is -2.22. The van der Waals surface area contributed by atoms with Crippen LogP contribution in [0.4, 0.5) is 0 Å². The lowest BCUT2D eigenvalue weighted by Crippen LogP contribution is -1.95. The Balaban J connectivity index is 1.17. The van der Waals surface area contributed by atoms with E-state index < -0.39 is 0 Å². The van der Waals surface area contributed by atoms with Crippen LogP contribution in [0.2, 0.25) is 0 Å². The van der Waals surface area contributed by atoms with Gasteiger partial charge in [-0.25, -0.2) is 0 Å². The number of hydrogen-bond acceptors (Lipinski definition) is 1. The number of benzene rings is 8. The molecule has 0 spiro atoms. The fourth-order valence-corrected chi connectivity index (χ4v) is 8.33. The van der Waals surface area contributed by atoms with Crippen molar-refractivity contribution in [1.82, 2.24) is 4.57 Å². The second kappa shape index (κ2) is 9.97. The molecule has 0 unspecified atom stereocenters. The average molecular weight is 607 g/mol. The van der Waals surface area contributed by atoms with Crippen molar-refractivity contribution in [2.75, 3.05) is 0 Å². The van der Waals surface area contributed by atoms with E-state index in [1.807, 2.05) is 24.3 Å². The molecule has 1 aliphatic heterocycles. The summed E-state index contributed by atoms with van der Waals surface area (Å²) in [5.74, 6) is 0. The summed E-state index contributed by atoms with van der Waals surface area (Å²) in [6, 6.07) is 45.6. The molecule has 0 amide bonds. The normalized spacial score (nSPS) is 13.8. The predicted molar refractivity (Wildman–Crippen MR) is 196 cm³/mol. The van der Waals surface area contributed by atoms with E-state index in [2.05, 4.69) is 114 Å². The summed E-state index contributed by atoms with van der Waals surface area (Å²) in [5.41, 5.74) is 8.77. The molecule has 0 fully saturated rings. The fraction of sp³-hybridized carbons (Fsp3) is 0. The van der Waals surface area contributed by atoms with Crippen LogP contribution in [0.1, 0.15) is 6.85 Å². The van der Waals surface area contributed by atoms with Crippen molar-refractivity contribution < 1.29 is 6.85 Å². The third-order valence-electron chi connectivity index (χ3n) is 9.26. The standard InChI is InChI=1S/C44H27NS/c1-3-10-28(11-4-1)33-22-25-42-43-35(33)16-9-17-36(43)39-27-31(20-24-41(39)46-42)30-19-23-40-38(26-30)37-21-18-29-12-7-8-15-34(29)44(37)45(40)32-13-5-2-6-14-32/h1-27H/i1D,3D,4D,10D,11D. The average Bonchev–Trinajstić information content (AvgIpc) is 3.51. The van der Waals surface area contributed by atoms with E-state index in [4.69, 9.17) is 6.85 Å². The summed E-state index contributed by atoms with van der Waals surface area (Å²) >= 11 is 1.71. The zero-order valence-corrected chi connectivity index (χ0v) is 25.4. The molecule has 1 aromatic heterocycles. The summed E-state index contributed by atoms with van der Waals surface area (Å²) < 4.78 is 44.4. The van der Waals surface area contributed by atoms with Gasteiger partial charge in [0.1, 0.15) is 0 Å². The molecular weight excluding hydrogens is 575 g/mol. The predicted octanol–water partition coefficient (Wildman–Crippen LogP) is 12.6. The van der Waals surface area contributed by atoms with Crippen LogP contribution in [0.5, 0.6) is 0 Å². The molecule has 2 heteroatoms. The van der Waals surface area contributed by atoms with Crippen molar-refractivity contribution >= 4 is 55.1 Å². The zero-order valence-electron chi connectivity index (χ0n) is 29.6. The maximum Gasteiger partial charge on any atom is 0.0629 e. The molecule has 1 nitrogen and oxygen atoms in total. The SMILES string of the molecule is [2H]c1c([2H])c([2H])c(-c2ccc3c4c(cccc24)-c2cc(-c4ccc5c(c4)c4ccc6ccccc6c4n5-c4ccccc4)ccc2S3)c([2H])c1[2H]. The lowest BCUT2D eigenvalue weighted by atomic mass is 9.91. The molecule has 9 aromatic rings. The van der Waals surface area contributed by atoms with Gasteiger partial charge < -0.3 is 4.57 Å². The maximum atomic E-state index is 8.67. The molecule has 0 bridgehead atoms. The number of aromatic nitrogens is 1. The van der Waals surface area contributed by atoms with Gasteiger partial charge in [-0.05, 0) is 86.6 Å². The highest BCUT2D eigenvalue weighted by atomic mass is 32.2. The second-order valence-electron chi connectivity index (χ2n) is 11.7. The Morgan fingerprint density at radius 1 is 0.478 bits per heavy atom. The monoisotopic (exact) mass is 606 g/mol. The largest absolute Gasteiger partial charge is 0.309 e. The molecule has 0 radical (unpaired) electrons. The van der Waals surface area contributed by atoms with Crippen LogP contribution in [0.25, 0.3) is 82.4 Å². The molecular formula is C44H27NS. The summed E-state index contributed by atoms with van der Waals surface area (Å²) in [5, 5.41) is 6.74. The van der Waals surface area contributed by atoms with Gasteiger partial charge in [0.05, 0.1) is 17.9 Å². The van der Waals surface area contributed by atoms with E-state index in [1.165, 1.54) is 27.1 Å². The highest BCUT2D eigenvalue weighted by Gasteiger charge is 2.22. The molecule has 0 N–H and O–H groups in total. The third-order valence-corrected chi connectivity index (χ3v) is 10.4. The van der Waals surface area contributed by atoms with Crippen LogP contribution in [-0.2, 0) is 0 Å². The van der Waals surface area contributed by atoms with Crippen LogP contribution in [0.3, 0.4) is 0 Å². The molecule has 46 heavy (non-hydrogen) atoms. The first kappa shape index (κ1) is 21.2. The van der Waals surface area contributed by atoms with E-state index in [1.54, 1.807) is 11.8 Å². The Morgan fingerprint density at radius 3 is 2.17 bits per heavy atom. The smallest absolute Gasteiger partial charge is 0.0629 e. The van der Waals surface area contributed by atoms with Gasteiger partial charge >= 0.3 is 0 Å². The first-order chi connectivity index (χ1) is 24.9. The maximum absolute atomic E-state index is 8.67. The van der Waals surface area contributed by atoms with Crippen LogP contribution in [0, 0.1) is 0 Å². The summed E-state index contributed by atoms with van der Waals surface area (Å²) in [4.78, 5) is 2.24. The quantitative estimate of drug-likeness (QED) is 0.194. The Bertz CT molecular complexity index is 2920. The molecule has 0 saturated carbocycles. The minimum Gasteiger partial charge on any atom is -0.309 e. The highest BCUT2D eigenvalue weighted by Crippen LogP contribution is 2.50. The van der Waals surface area contributed by atoms with Crippen LogP contribution < -0.4 is 0 Å². The van der Waals surface area contributed by atoms with E-state index in [-0.39, 0.29) is 35.8 Å². The van der Waals surface area contributed by atoms with Gasteiger partial charge in [0.15, 0.2) is 0 Å². The minimum absolute atomic E-state index is 0.190. The fourth-order valence-electron chi connectivity index (χ4n) is 7.22. The first-order valence-electron chi connectivity index (χ1n) is 17.9. The lowest BCUT2D eigenvalue weighted by molar-refractivity contribution is 1.19. The van der Waals surface area contributed by atoms with Crippen molar-refractivity contribution in [1.29, 1.82) is 0 Å². The summed E-state index contributed by atoms with van der Waals surface area (Å²) in [6.45, 7) is 0. The molecule has 2 heterocycles. The van der Waals surface area contributed by atoms with E-state index in [0.717, 1.165) is 54.0 Å². The van der Waals surface area contributed by atoms with Gasteiger partial charge in [0, 0.05) is 37.0 Å². The Hall–Kier alpha value is -5.57. The minimum atomic E-state index is -0.385. The number of rotatable bonds is 3. The molecule has 214 valence electrons. The van der Waals surface area contributed by atoms with E-state index in [9.17, 15) is 0 Å². The van der Waals surface area contributed by atoms with Crippen molar-refractivity contribution in [3.8, 4) is 39.1 Å². The van der Waals surface area contributed by atoms with Crippen molar-refractivity contribution in [2.45, 2.75) is 9.79 Å². The van der Waals surface area contributed by atoms with Gasteiger partial charge in [0.2, 0.25) is 0 Å². The Kier molecular flexibility index (Phi) is 4.60. The van der Waals surface area contributed by atoms with Gasteiger partial charge in [-0.2, -0.15) is 0 Å². The molecule has 0 atom stereocenters. The highest BCUT2D eigenvalue weighted by molar-refractivity contribution is 7.99. The third kappa shape index (κ3) is 3.77. The molecule has 0 saturated heterocycles. The zero-order chi connectivity index (χ0) is 34.5. The number of hydrogen-bond donors (Lipinski definition) is 0. The van der Waals surface area contributed by atoms with Gasteiger partial charge in [-0.15, -0.1) is 0 Å². The first-order valence-corrected chi connectivity index (χ1v) is 16.2. The van der Waals surface area contributed by atoms with Gasteiger partial charge in [-0.3, -0.25) is 0 Å². The van der Waals surface area contributed by atoms with Crippen LogP contribution in [0.15, 0.2) is 173 Å².